The van der Waals surface area contributed by atoms with Gasteiger partial charge in [0.1, 0.15) is 11.4 Å². The minimum atomic E-state index is -1.10. The number of fused-ring (bicyclic) bond motifs is 3. The quantitative estimate of drug-likeness (QED) is 0.551. The highest BCUT2D eigenvalue weighted by atomic mass is 16.5. The van der Waals surface area contributed by atoms with E-state index in [1.165, 1.54) is 0 Å². The number of aliphatic hydroxyl groups is 1. The first-order valence-corrected chi connectivity index (χ1v) is 10.3. The smallest absolute Gasteiger partial charge is 0.274 e. The van der Waals surface area contributed by atoms with Crippen LogP contribution in [0, 0.1) is 0 Å². The van der Waals surface area contributed by atoms with E-state index in [0.717, 1.165) is 34.4 Å². The molecule has 0 fully saturated rings. The number of ether oxygens (including phenoxy) is 1. The molecule has 0 bridgehead atoms. The number of rotatable bonds is 4. The van der Waals surface area contributed by atoms with E-state index >= 15 is 0 Å². The molecule has 3 heterocycles. The van der Waals surface area contributed by atoms with Crippen LogP contribution >= 0.6 is 0 Å². The SMILES string of the molecule is COc1ccccc1C1CCn2c(=O)c3ccc(-c4cnc(C(C)(C)O)nc4)cc3n21. The van der Waals surface area contributed by atoms with Gasteiger partial charge in [-0.2, -0.15) is 0 Å². The molecule has 1 N–H and O–H groups in total. The molecular weight excluding hydrogens is 392 g/mol. The van der Waals surface area contributed by atoms with Crippen LogP contribution in [0.1, 0.15) is 37.7 Å². The summed E-state index contributed by atoms with van der Waals surface area (Å²) in [6.07, 6.45) is 4.25. The summed E-state index contributed by atoms with van der Waals surface area (Å²) < 4.78 is 9.49. The molecule has 1 atom stereocenters. The number of para-hydroxylation sites is 1. The molecule has 0 saturated carbocycles. The van der Waals surface area contributed by atoms with E-state index in [4.69, 9.17) is 4.74 Å². The maximum atomic E-state index is 13.0. The molecule has 1 aliphatic heterocycles. The predicted molar refractivity (Wildman–Crippen MR) is 118 cm³/mol. The van der Waals surface area contributed by atoms with E-state index in [1.54, 1.807) is 33.4 Å². The van der Waals surface area contributed by atoms with E-state index in [9.17, 15) is 9.90 Å². The number of hydrogen-bond donors (Lipinski definition) is 1. The Kier molecular flexibility index (Phi) is 4.44. The summed E-state index contributed by atoms with van der Waals surface area (Å²) in [6, 6.07) is 13.8. The Morgan fingerprint density at radius 3 is 2.55 bits per heavy atom. The van der Waals surface area contributed by atoms with Gasteiger partial charge in [0, 0.05) is 30.1 Å². The minimum absolute atomic E-state index is 0.0189. The molecule has 5 rings (SSSR count). The molecule has 2 aromatic carbocycles. The topological polar surface area (TPSA) is 82.2 Å². The third kappa shape index (κ3) is 3.13. The number of methoxy groups -OCH3 is 1. The van der Waals surface area contributed by atoms with Crippen LogP contribution in [-0.2, 0) is 12.1 Å². The molecule has 0 saturated heterocycles. The average Bonchev–Trinajstić information content (AvgIpc) is 3.33. The summed E-state index contributed by atoms with van der Waals surface area (Å²) in [5, 5.41) is 10.8. The summed E-state index contributed by atoms with van der Waals surface area (Å²) in [4.78, 5) is 21.6. The van der Waals surface area contributed by atoms with Crippen LogP contribution in [0.4, 0.5) is 0 Å². The Labute approximate surface area is 179 Å². The lowest BCUT2D eigenvalue weighted by molar-refractivity contribution is 0.0687. The zero-order chi connectivity index (χ0) is 21.8. The zero-order valence-electron chi connectivity index (χ0n) is 17.7. The highest BCUT2D eigenvalue weighted by Crippen LogP contribution is 2.36. The maximum absolute atomic E-state index is 13.0. The second kappa shape index (κ2) is 7.06. The Morgan fingerprint density at radius 2 is 1.84 bits per heavy atom. The Bertz CT molecular complexity index is 1330. The van der Waals surface area contributed by atoms with Gasteiger partial charge in [-0.3, -0.25) is 9.48 Å². The lowest BCUT2D eigenvalue weighted by Crippen LogP contribution is -2.19. The molecule has 0 spiro atoms. The Balaban J connectivity index is 1.64. The molecule has 158 valence electrons. The number of hydrogen-bond acceptors (Lipinski definition) is 5. The Morgan fingerprint density at radius 1 is 1.10 bits per heavy atom. The number of nitrogens with zero attached hydrogens (tertiary/aromatic N) is 4. The highest BCUT2D eigenvalue weighted by Gasteiger charge is 2.29. The fraction of sp³-hybridized carbons (Fsp3) is 0.292. The first kappa shape index (κ1) is 19.5. The second-order valence-corrected chi connectivity index (χ2v) is 8.41. The van der Waals surface area contributed by atoms with Gasteiger partial charge in [-0.1, -0.05) is 24.3 Å². The van der Waals surface area contributed by atoms with Crippen LogP contribution < -0.4 is 10.3 Å². The standard InChI is InChI=1S/C24H24N4O3/c1-24(2,30)23-25-13-16(14-26-23)15-8-9-18-20(12-15)28-19(10-11-27(28)22(18)29)17-6-4-5-7-21(17)31-3/h4-9,12-14,19,30H,10-11H2,1-3H3. The summed E-state index contributed by atoms with van der Waals surface area (Å²) in [5.41, 5.74) is 2.61. The van der Waals surface area contributed by atoms with Gasteiger partial charge in [-0.05, 0) is 44.0 Å². The molecule has 4 aromatic rings. The van der Waals surface area contributed by atoms with Crippen LogP contribution in [0.25, 0.3) is 22.0 Å². The van der Waals surface area contributed by atoms with Gasteiger partial charge in [0.2, 0.25) is 0 Å². The van der Waals surface area contributed by atoms with Crippen molar-refractivity contribution >= 4 is 10.9 Å². The predicted octanol–water partition coefficient (Wildman–Crippen LogP) is 3.49. The van der Waals surface area contributed by atoms with Crippen molar-refractivity contribution in [2.45, 2.75) is 38.5 Å². The van der Waals surface area contributed by atoms with Gasteiger partial charge in [0.25, 0.3) is 5.56 Å². The van der Waals surface area contributed by atoms with Gasteiger partial charge in [0.05, 0.1) is 24.1 Å². The van der Waals surface area contributed by atoms with Crippen molar-refractivity contribution in [3.05, 3.63) is 76.6 Å². The van der Waals surface area contributed by atoms with Gasteiger partial charge >= 0.3 is 0 Å². The summed E-state index contributed by atoms with van der Waals surface area (Å²) in [6.45, 7) is 3.97. The lowest BCUT2D eigenvalue weighted by Gasteiger charge is -2.18. The van der Waals surface area contributed by atoms with Gasteiger partial charge < -0.3 is 9.84 Å². The Hall–Kier alpha value is -3.45. The van der Waals surface area contributed by atoms with Gasteiger partial charge in [0.15, 0.2) is 5.82 Å². The molecule has 7 heteroatoms. The third-order valence-corrected chi connectivity index (χ3v) is 5.91. The van der Waals surface area contributed by atoms with Crippen LogP contribution in [0.2, 0.25) is 0 Å². The first-order chi connectivity index (χ1) is 14.9. The van der Waals surface area contributed by atoms with E-state index < -0.39 is 5.60 Å². The minimum Gasteiger partial charge on any atom is -0.496 e. The van der Waals surface area contributed by atoms with Gasteiger partial charge in [-0.15, -0.1) is 0 Å². The lowest BCUT2D eigenvalue weighted by atomic mass is 10.0. The van der Waals surface area contributed by atoms with E-state index in [-0.39, 0.29) is 11.6 Å². The van der Waals surface area contributed by atoms with Crippen LogP contribution in [0.3, 0.4) is 0 Å². The summed E-state index contributed by atoms with van der Waals surface area (Å²) in [7, 11) is 1.67. The van der Waals surface area contributed by atoms with Crippen molar-refractivity contribution in [2.75, 3.05) is 7.11 Å². The van der Waals surface area contributed by atoms with Crippen molar-refractivity contribution < 1.29 is 9.84 Å². The average molecular weight is 416 g/mol. The fourth-order valence-electron chi connectivity index (χ4n) is 4.38. The second-order valence-electron chi connectivity index (χ2n) is 8.41. The molecule has 0 radical (unpaired) electrons. The molecule has 0 amide bonds. The molecule has 0 aliphatic carbocycles. The zero-order valence-corrected chi connectivity index (χ0v) is 17.7. The van der Waals surface area contributed by atoms with Crippen molar-refractivity contribution in [1.82, 2.24) is 19.3 Å². The monoisotopic (exact) mass is 416 g/mol. The van der Waals surface area contributed by atoms with Crippen molar-refractivity contribution in [3.63, 3.8) is 0 Å². The third-order valence-electron chi connectivity index (χ3n) is 5.91. The van der Waals surface area contributed by atoms with E-state index in [2.05, 4.69) is 20.7 Å². The molecule has 1 aliphatic rings. The maximum Gasteiger partial charge on any atom is 0.274 e. The molecule has 7 nitrogen and oxygen atoms in total. The summed E-state index contributed by atoms with van der Waals surface area (Å²) >= 11 is 0. The van der Waals surface area contributed by atoms with Crippen LogP contribution in [-0.4, -0.2) is 31.5 Å². The van der Waals surface area contributed by atoms with Crippen molar-refractivity contribution in [3.8, 4) is 16.9 Å². The van der Waals surface area contributed by atoms with E-state index in [0.29, 0.717) is 17.8 Å². The molecule has 31 heavy (non-hydrogen) atoms. The molecule has 1 unspecified atom stereocenters. The van der Waals surface area contributed by atoms with Crippen molar-refractivity contribution in [1.29, 1.82) is 0 Å². The van der Waals surface area contributed by atoms with Crippen LogP contribution in [0.5, 0.6) is 5.75 Å². The summed E-state index contributed by atoms with van der Waals surface area (Å²) in [5.74, 6) is 1.19. The fourth-order valence-corrected chi connectivity index (χ4v) is 4.38. The van der Waals surface area contributed by atoms with E-state index in [1.807, 2.05) is 41.1 Å². The van der Waals surface area contributed by atoms with Crippen molar-refractivity contribution in [2.24, 2.45) is 0 Å². The van der Waals surface area contributed by atoms with Crippen LogP contribution in [0.15, 0.2) is 59.7 Å². The highest BCUT2D eigenvalue weighted by molar-refractivity contribution is 5.84. The number of benzene rings is 2. The number of aromatic nitrogens is 4. The first-order valence-electron chi connectivity index (χ1n) is 10.3. The largest absolute Gasteiger partial charge is 0.496 e. The molecule has 2 aromatic heterocycles. The molecular formula is C24H24N4O3. The van der Waals surface area contributed by atoms with Gasteiger partial charge in [-0.25, -0.2) is 14.6 Å². The normalized spacial score (nSPS) is 15.9.